The van der Waals surface area contributed by atoms with Gasteiger partial charge < -0.3 is 4.90 Å². The van der Waals surface area contributed by atoms with Gasteiger partial charge in [-0.25, -0.2) is 0 Å². The minimum atomic E-state index is 0.299. The molecule has 136 valence electrons. The second kappa shape index (κ2) is 9.94. The Morgan fingerprint density at radius 1 is 0.731 bits per heavy atom. The first-order chi connectivity index (χ1) is 12.5. The second-order valence-corrected chi connectivity index (χ2v) is 7.01. The molecule has 0 amide bonds. The molecule has 0 heterocycles. The van der Waals surface area contributed by atoms with Gasteiger partial charge >= 0.3 is 0 Å². The van der Waals surface area contributed by atoms with Crippen LogP contribution in [0.3, 0.4) is 0 Å². The SMILES string of the molecule is CCN(C)C.Cc1ccc(C(c2ccccc2)c2ccccc2)c(C)c1. The van der Waals surface area contributed by atoms with Gasteiger partial charge in [-0.3, -0.25) is 0 Å². The van der Waals surface area contributed by atoms with Gasteiger partial charge in [0.25, 0.3) is 0 Å². The third-order valence-electron chi connectivity index (χ3n) is 4.63. The van der Waals surface area contributed by atoms with Crippen LogP contribution in [-0.2, 0) is 0 Å². The lowest BCUT2D eigenvalue weighted by Crippen LogP contribution is -2.08. The molecule has 0 saturated heterocycles. The Bertz CT molecular complexity index is 736. The zero-order valence-electron chi connectivity index (χ0n) is 16.7. The predicted molar refractivity (Wildman–Crippen MR) is 114 cm³/mol. The maximum Gasteiger partial charge on any atom is 0.0342 e. The van der Waals surface area contributed by atoms with Crippen LogP contribution >= 0.6 is 0 Å². The van der Waals surface area contributed by atoms with Crippen molar-refractivity contribution in [3.63, 3.8) is 0 Å². The molecule has 0 unspecified atom stereocenters. The lowest BCUT2D eigenvalue weighted by Gasteiger charge is -2.21. The van der Waals surface area contributed by atoms with Crippen molar-refractivity contribution in [1.29, 1.82) is 0 Å². The zero-order valence-corrected chi connectivity index (χ0v) is 16.7. The predicted octanol–water partition coefficient (Wildman–Crippen LogP) is 6.05. The fraction of sp³-hybridized carbons (Fsp3) is 0.280. The molecule has 3 rings (SSSR count). The van der Waals surface area contributed by atoms with Gasteiger partial charge in [-0.15, -0.1) is 0 Å². The Labute approximate surface area is 159 Å². The van der Waals surface area contributed by atoms with Crippen molar-refractivity contribution in [3.05, 3.63) is 107 Å². The molecule has 26 heavy (non-hydrogen) atoms. The molecule has 1 heteroatoms. The van der Waals surface area contributed by atoms with Crippen LogP contribution in [0.25, 0.3) is 0 Å². The highest BCUT2D eigenvalue weighted by Crippen LogP contribution is 2.33. The van der Waals surface area contributed by atoms with Crippen LogP contribution in [0.2, 0.25) is 0 Å². The standard InChI is InChI=1S/C21H20.C4H11N/c1-16-13-14-20(17(2)15-16)21(18-9-5-3-6-10-18)19-11-7-4-8-12-19;1-4-5(2)3/h3-15,21H,1-2H3;4H2,1-3H3. The molecule has 0 aliphatic heterocycles. The van der Waals surface area contributed by atoms with E-state index < -0.39 is 0 Å². The van der Waals surface area contributed by atoms with E-state index in [-0.39, 0.29) is 0 Å². The fourth-order valence-electron chi connectivity index (χ4n) is 2.99. The van der Waals surface area contributed by atoms with Crippen LogP contribution < -0.4 is 0 Å². The minimum Gasteiger partial charge on any atom is -0.310 e. The van der Waals surface area contributed by atoms with E-state index in [0.29, 0.717) is 5.92 Å². The lowest BCUT2D eigenvalue weighted by molar-refractivity contribution is 0.434. The molecule has 0 aliphatic carbocycles. The summed E-state index contributed by atoms with van der Waals surface area (Å²) in [5, 5.41) is 0. The van der Waals surface area contributed by atoms with Crippen LogP contribution in [0.15, 0.2) is 78.9 Å². The largest absolute Gasteiger partial charge is 0.310 e. The third-order valence-corrected chi connectivity index (χ3v) is 4.63. The van der Waals surface area contributed by atoms with Gasteiger partial charge in [0.15, 0.2) is 0 Å². The Morgan fingerprint density at radius 2 is 1.19 bits per heavy atom. The van der Waals surface area contributed by atoms with E-state index in [9.17, 15) is 0 Å². The van der Waals surface area contributed by atoms with Gasteiger partial charge in [-0.1, -0.05) is 91.3 Å². The molecule has 0 atom stereocenters. The van der Waals surface area contributed by atoms with E-state index in [1.54, 1.807) is 0 Å². The van der Waals surface area contributed by atoms with Gasteiger partial charge in [0.1, 0.15) is 0 Å². The monoisotopic (exact) mass is 345 g/mol. The summed E-state index contributed by atoms with van der Waals surface area (Å²) in [5.41, 5.74) is 6.74. The molecular weight excluding hydrogens is 314 g/mol. The lowest BCUT2D eigenvalue weighted by atomic mass is 9.83. The molecule has 0 bridgehead atoms. The number of nitrogens with zero attached hydrogens (tertiary/aromatic N) is 1. The van der Waals surface area contributed by atoms with Crippen molar-refractivity contribution < 1.29 is 0 Å². The normalized spacial score (nSPS) is 10.6. The van der Waals surface area contributed by atoms with Crippen molar-refractivity contribution >= 4 is 0 Å². The van der Waals surface area contributed by atoms with E-state index >= 15 is 0 Å². The van der Waals surface area contributed by atoms with Crippen LogP contribution in [0.4, 0.5) is 0 Å². The van der Waals surface area contributed by atoms with E-state index in [4.69, 9.17) is 0 Å². The average molecular weight is 346 g/mol. The molecule has 3 aromatic carbocycles. The molecule has 1 nitrogen and oxygen atoms in total. The molecule has 0 N–H and O–H groups in total. The topological polar surface area (TPSA) is 3.24 Å². The van der Waals surface area contributed by atoms with Crippen molar-refractivity contribution in [2.75, 3.05) is 20.6 Å². The molecule has 0 spiro atoms. The van der Waals surface area contributed by atoms with Crippen LogP contribution in [0.5, 0.6) is 0 Å². The Hall–Kier alpha value is -2.38. The van der Waals surface area contributed by atoms with Crippen molar-refractivity contribution in [1.82, 2.24) is 4.90 Å². The summed E-state index contributed by atoms with van der Waals surface area (Å²) in [5.74, 6) is 0.299. The molecule has 0 saturated carbocycles. The van der Waals surface area contributed by atoms with E-state index in [1.165, 1.54) is 27.8 Å². The summed E-state index contributed by atoms with van der Waals surface area (Å²) in [6.07, 6.45) is 0. The Morgan fingerprint density at radius 3 is 1.58 bits per heavy atom. The summed E-state index contributed by atoms with van der Waals surface area (Å²) in [7, 11) is 4.11. The first-order valence-corrected chi connectivity index (χ1v) is 9.34. The maximum atomic E-state index is 2.27. The van der Waals surface area contributed by atoms with Crippen molar-refractivity contribution in [3.8, 4) is 0 Å². The van der Waals surface area contributed by atoms with Crippen molar-refractivity contribution in [2.45, 2.75) is 26.7 Å². The Balaban J connectivity index is 0.000000431. The van der Waals surface area contributed by atoms with Crippen molar-refractivity contribution in [2.24, 2.45) is 0 Å². The number of hydrogen-bond acceptors (Lipinski definition) is 1. The summed E-state index contributed by atoms with van der Waals surface area (Å²) in [6.45, 7) is 7.62. The van der Waals surface area contributed by atoms with E-state index in [1.807, 2.05) is 0 Å². The highest BCUT2D eigenvalue weighted by atomic mass is 15.0. The molecular formula is C25H31N. The highest BCUT2D eigenvalue weighted by Gasteiger charge is 2.17. The summed E-state index contributed by atoms with van der Waals surface area (Å²) < 4.78 is 0. The summed E-state index contributed by atoms with van der Waals surface area (Å²) in [6, 6.07) is 28.3. The number of rotatable bonds is 4. The average Bonchev–Trinajstić information content (AvgIpc) is 2.66. The number of benzene rings is 3. The van der Waals surface area contributed by atoms with Gasteiger partial charge in [-0.05, 0) is 56.7 Å². The van der Waals surface area contributed by atoms with E-state index in [2.05, 4.69) is 119 Å². The maximum absolute atomic E-state index is 2.27. The van der Waals surface area contributed by atoms with Gasteiger partial charge in [0.05, 0.1) is 0 Å². The summed E-state index contributed by atoms with van der Waals surface area (Å²) in [4.78, 5) is 2.12. The fourth-order valence-corrected chi connectivity index (χ4v) is 2.99. The van der Waals surface area contributed by atoms with Crippen LogP contribution in [-0.4, -0.2) is 25.5 Å². The Kier molecular flexibility index (Phi) is 7.62. The zero-order chi connectivity index (χ0) is 18.9. The molecule has 0 aromatic heterocycles. The number of hydrogen-bond donors (Lipinski definition) is 0. The number of aryl methyl sites for hydroxylation is 2. The van der Waals surface area contributed by atoms with Crippen LogP contribution in [0.1, 0.15) is 40.7 Å². The summed E-state index contributed by atoms with van der Waals surface area (Å²) >= 11 is 0. The first kappa shape index (κ1) is 19.9. The van der Waals surface area contributed by atoms with Gasteiger partial charge in [-0.2, -0.15) is 0 Å². The quantitative estimate of drug-likeness (QED) is 0.520. The van der Waals surface area contributed by atoms with E-state index in [0.717, 1.165) is 6.54 Å². The van der Waals surface area contributed by atoms with Crippen LogP contribution in [0, 0.1) is 13.8 Å². The molecule has 0 radical (unpaired) electrons. The van der Waals surface area contributed by atoms with Gasteiger partial charge in [0.2, 0.25) is 0 Å². The van der Waals surface area contributed by atoms with Gasteiger partial charge in [0, 0.05) is 5.92 Å². The minimum absolute atomic E-state index is 0.299. The first-order valence-electron chi connectivity index (χ1n) is 9.34. The molecule has 3 aromatic rings. The highest BCUT2D eigenvalue weighted by molar-refractivity contribution is 5.46. The smallest absolute Gasteiger partial charge is 0.0342 e. The molecule has 0 aliphatic rings. The second-order valence-electron chi connectivity index (χ2n) is 7.01. The molecule has 0 fully saturated rings. The third kappa shape index (κ3) is 5.57.